The average Bonchev–Trinajstić information content (AvgIpc) is 2.13. The summed E-state index contributed by atoms with van der Waals surface area (Å²) < 4.78 is 45.3. The maximum atomic E-state index is 11.9. The van der Waals surface area contributed by atoms with Gasteiger partial charge in [0.25, 0.3) is 0 Å². The quantitative estimate of drug-likeness (QED) is 0.804. The lowest BCUT2D eigenvalue weighted by atomic mass is 10.4. The highest BCUT2D eigenvalue weighted by Crippen LogP contribution is 2.19. The number of hydrogen-bond acceptors (Lipinski definition) is 3. The van der Waals surface area contributed by atoms with Gasteiger partial charge in [-0.1, -0.05) is 6.07 Å². The number of hydrogen-bond donors (Lipinski definition) is 0. The monoisotopic (exact) mass is 235 g/mol. The molecule has 1 aromatic heterocycles. The fraction of sp³-hybridized carbons (Fsp3) is 0.500. The van der Waals surface area contributed by atoms with E-state index in [9.17, 15) is 13.2 Å². The van der Waals surface area contributed by atoms with E-state index < -0.39 is 12.8 Å². The molecule has 0 aliphatic heterocycles. The third-order valence-electron chi connectivity index (χ3n) is 1.44. The molecular formula is C10H12F3NO2. The third-order valence-corrected chi connectivity index (χ3v) is 1.44. The van der Waals surface area contributed by atoms with Crippen molar-refractivity contribution in [3.63, 3.8) is 0 Å². The Kier molecular flexibility index (Phi) is 3.98. The number of nitrogens with zero attached hydrogens (tertiary/aromatic N) is 1. The largest absolute Gasteiger partial charge is 0.475 e. The van der Waals surface area contributed by atoms with Gasteiger partial charge < -0.3 is 9.47 Å². The van der Waals surface area contributed by atoms with E-state index in [1.807, 2.05) is 0 Å². The summed E-state index contributed by atoms with van der Waals surface area (Å²) in [7, 11) is 0. The van der Waals surface area contributed by atoms with Gasteiger partial charge in [0.1, 0.15) is 0 Å². The molecule has 1 aromatic rings. The molecule has 0 unspecified atom stereocenters. The molecular weight excluding hydrogens is 223 g/mol. The van der Waals surface area contributed by atoms with Gasteiger partial charge in [0.05, 0.1) is 6.10 Å². The van der Waals surface area contributed by atoms with E-state index in [2.05, 4.69) is 9.72 Å². The Bertz CT molecular complexity index is 339. The minimum absolute atomic E-state index is 0.0923. The van der Waals surface area contributed by atoms with Crippen LogP contribution in [0.3, 0.4) is 0 Å². The van der Waals surface area contributed by atoms with Crippen LogP contribution < -0.4 is 9.47 Å². The van der Waals surface area contributed by atoms with Crippen molar-refractivity contribution in [3.8, 4) is 11.8 Å². The number of alkyl halides is 3. The Labute approximate surface area is 91.2 Å². The highest BCUT2D eigenvalue weighted by molar-refractivity contribution is 5.19. The SMILES string of the molecule is CC(C)Oc1cccc(OCC(F)(F)F)n1. The molecule has 90 valence electrons. The van der Waals surface area contributed by atoms with Crippen LogP contribution in [0.1, 0.15) is 13.8 Å². The Hall–Kier alpha value is -1.46. The number of rotatable bonds is 4. The fourth-order valence-corrected chi connectivity index (χ4v) is 0.939. The van der Waals surface area contributed by atoms with Gasteiger partial charge in [-0.25, -0.2) is 0 Å². The Morgan fingerprint density at radius 1 is 1.25 bits per heavy atom. The van der Waals surface area contributed by atoms with Crippen molar-refractivity contribution < 1.29 is 22.6 Å². The first-order valence-corrected chi connectivity index (χ1v) is 4.70. The first-order valence-electron chi connectivity index (χ1n) is 4.70. The molecule has 0 bridgehead atoms. The Balaban J connectivity index is 2.60. The van der Waals surface area contributed by atoms with Gasteiger partial charge in [0.2, 0.25) is 11.8 Å². The van der Waals surface area contributed by atoms with E-state index in [1.54, 1.807) is 19.9 Å². The molecule has 0 radical (unpaired) electrons. The number of ether oxygens (including phenoxy) is 2. The van der Waals surface area contributed by atoms with E-state index >= 15 is 0 Å². The van der Waals surface area contributed by atoms with Crippen LogP contribution in [0.2, 0.25) is 0 Å². The van der Waals surface area contributed by atoms with Gasteiger partial charge in [-0.05, 0) is 13.8 Å². The van der Waals surface area contributed by atoms with Gasteiger partial charge in [-0.2, -0.15) is 18.2 Å². The van der Waals surface area contributed by atoms with Crippen molar-refractivity contribution in [3.05, 3.63) is 18.2 Å². The van der Waals surface area contributed by atoms with Crippen molar-refractivity contribution in [2.75, 3.05) is 6.61 Å². The Morgan fingerprint density at radius 2 is 1.88 bits per heavy atom. The van der Waals surface area contributed by atoms with Crippen molar-refractivity contribution in [2.45, 2.75) is 26.1 Å². The first kappa shape index (κ1) is 12.6. The standard InChI is InChI=1S/C10H12F3NO2/c1-7(2)16-9-5-3-4-8(14-9)15-6-10(11,12)13/h3-5,7H,6H2,1-2H3. The number of halogens is 3. The molecule has 0 saturated heterocycles. The first-order chi connectivity index (χ1) is 7.37. The van der Waals surface area contributed by atoms with Crippen molar-refractivity contribution >= 4 is 0 Å². The molecule has 0 aliphatic carbocycles. The van der Waals surface area contributed by atoms with E-state index in [4.69, 9.17) is 4.74 Å². The molecule has 3 nitrogen and oxygen atoms in total. The molecule has 6 heteroatoms. The predicted molar refractivity (Wildman–Crippen MR) is 51.6 cm³/mol. The number of pyridine rings is 1. The highest BCUT2D eigenvalue weighted by Gasteiger charge is 2.28. The molecule has 0 spiro atoms. The molecule has 0 fully saturated rings. The zero-order valence-electron chi connectivity index (χ0n) is 8.91. The summed E-state index contributed by atoms with van der Waals surface area (Å²) in [5.74, 6) is 0.144. The summed E-state index contributed by atoms with van der Waals surface area (Å²) in [4.78, 5) is 3.77. The van der Waals surface area contributed by atoms with E-state index in [-0.39, 0.29) is 17.9 Å². The summed E-state index contributed by atoms with van der Waals surface area (Å²) >= 11 is 0. The fourth-order valence-electron chi connectivity index (χ4n) is 0.939. The van der Waals surface area contributed by atoms with Crippen LogP contribution in [0.25, 0.3) is 0 Å². The molecule has 0 aliphatic rings. The second-order valence-corrected chi connectivity index (χ2v) is 3.38. The van der Waals surface area contributed by atoms with Crippen molar-refractivity contribution in [1.82, 2.24) is 4.98 Å². The maximum Gasteiger partial charge on any atom is 0.422 e. The van der Waals surface area contributed by atoms with Crippen LogP contribution in [-0.2, 0) is 0 Å². The van der Waals surface area contributed by atoms with E-state index in [0.717, 1.165) is 0 Å². The van der Waals surface area contributed by atoms with Crippen molar-refractivity contribution in [2.24, 2.45) is 0 Å². The number of aromatic nitrogens is 1. The topological polar surface area (TPSA) is 31.4 Å². The van der Waals surface area contributed by atoms with Crippen LogP contribution in [0, 0.1) is 0 Å². The van der Waals surface area contributed by atoms with Gasteiger partial charge >= 0.3 is 6.18 Å². The predicted octanol–water partition coefficient (Wildman–Crippen LogP) is 2.81. The van der Waals surface area contributed by atoms with Crippen LogP contribution in [0.4, 0.5) is 13.2 Å². The zero-order chi connectivity index (χ0) is 12.2. The Morgan fingerprint density at radius 3 is 2.44 bits per heavy atom. The lowest BCUT2D eigenvalue weighted by Crippen LogP contribution is -2.19. The summed E-state index contributed by atoms with van der Waals surface area (Å²) in [5.41, 5.74) is 0. The third kappa shape index (κ3) is 4.86. The van der Waals surface area contributed by atoms with Crippen LogP contribution in [0.5, 0.6) is 11.8 Å². The smallest absolute Gasteiger partial charge is 0.422 e. The maximum absolute atomic E-state index is 11.9. The molecule has 0 atom stereocenters. The molecule has 0 N–H and O–H groups in total. The summed E-state index contributed by atoms with van der Waals surface area (Å²) in [6.07, 6.45) is -4.46. The summed E-state index contributed by atoms with van der Waals surface area (Å²) in [6.45, 7) is 2.24. The molecule has 0 amide bonds. The minimum Gasteiger partial charge on any atom is -0.475 e. The van der Waals surface area contributed by atoms with Gasteiger partial charge in [0, 0.05) is 12.1 Å². The lowest BCUT2D eigenvalue weighted by Gasteiger charge is -2.11. The second-order valence-electron chi connectivity index (χ2n) is 3.38. The van der Waals surface area contributed by atoms with Gasteiger partial charge in [0.15, 0.2) is 6.61 Å². The summed E-state index contributed by atoms with van der Waals surface area (Å²) in [5, 5.41) is 0. The van der Waals surface area contributed by atoms with Gasteiger partial charge in [-0.3, -0.25) is 0 Å². The van der Waals surface area contributed by atoms with Gasteiger partial charge in [-0.15, -0.1) is 0 Å². The van der Waals surface area contributed by atoms with Crippen LogP contribution in [0.15, 0.2) is 18.2 Å². The van der Waals surface area contributed by atoms with Crippen LogP contribution >= 0.6 is 0 Å². The molecule has 0 saturated carbocycles. The normalized spacial score (nSPS) is 11.6. The summed E-state index contributed by atoms with van der Waals surface area (Å²) in [6, 6.07) is 4.43. The molecule has 16 heavy (non-hydrogen) atoms. The minimum atomic E-state index is -4.36. The molecule has 1 rings (SSSR count). The average molecular weight is 235 g/mol. The molecule has 0 aromatic carbocycles. The van der Waals surface area contributed by atoms with Crippen molar-refractivity contribution in [1.29, 1.82) is 0 Å². The molecule has 1 heterocycles. The zero-order valence-corrected chi connectivity index (χ0v) is 8.91. The lowest BCUT2D eigenvalue weighted by molar-refractivity contribution is -0.154. The van der Waals surface area contributed by atoms with E-state index in [0.29, 0.717) is 0 Å². The second kappa shape index (κ2) is 5.05. The van der Waals surface area contributed by atoms with Crippen LogP contribution in [-0.4, -0.2) is 23.9 Å². The van der Waals surface area contributed by atoms with E-state index in [1.165, 1.54) is 12.1 Å². The highest BCUT2D eigenvalue weighted by atomic mass is 19.4.